The van der Waals surface area contributed by atoms with E-state index in [1.807, 2.05) is 0 Å². The molecule has 0 aliphatic carbocycles. The van der Waals surface area contributed by atoms with Crippen molar-refractivity contribution < 1.29 is 9.47 Å². The highest BCUT2D eigenvalue weighted by molar-refractivity contribution is 14.0. The van der Waals surface area contributed by atoms with E-state index in [-0.39, 0.29) is 24.0 Å². The van der Waals surface area contributed by atoms with Gasteiger partial charge in [-0.3, -0.25) is 0 Å². The van der Waals surface area contributed by atoms with Gasteiger partial charge >= 0.3 is 0 Å². The van der Waals surface area contributed by atoms with Crippen LogP contribution in [0, 0.1) is 18.8 Å². The molecular weight excluding hydrogens is 491 g/mol. The summed E-state index contributed by atoms with van der Waals surface area (Å²) in [4.78, 5) is 7.35. The lowest BCUT2D eigenvalue weighted by Crippen LogP contribution is -2.40. The lowest BCUT2D eigenvalue weighted by atomic mass is 10.1. The van der Waals surface area contributed by atoms with Crippen LogP contribution in [-0.2, 0) is 11.3 Å². The van der Waals surface area contributed by atoms with Crippen molar-refractivity contribution in [1.82, 2.24) is 15.5 Å². The summed E-state index contributed by atoms with van der Waals surface area (Å²) in [6, 6.07) is 6.40. The van der Waals surface area contributed by atoms with E-state index in [0.717, 1.165) is 56.5 Å². The fraction of sp³-hybridized carbons (Fsp3) is 0.696. The number of aryl methyl sites for hydroxylation is 1. The predicted molar refractivity (Wildman–Crippen MR) is 134 cm³/mol. The molecule has 2 atom stereocenters. The number of ether oxygens (including phenoxy) is 2. The van der Waals surface area contributed by atoms with Gasteiger partial charge in [0, 0.05) is 37.7 Å². The van der Waals surface area contributed by atoms with E-state index in [4.69, 9.17) is 14.5 Å². The summed E-state index contributed by atoms with van der Waals surface area (Å²) in [5, 5.41) is 6.92. The molecule has 7 heteroatoms. The number of hydrogen-bond acceptors (Lipinski definition) is 4. The maximum absolute atomic E-state index is 6.16. The lowest BCUT2D eigenvalue weighted by molar-refractivity contribution is 0.166. The van der Waals surface area contributed by atoms with Gasteiger partial charge in [0.1, 0.15) is 5.75 Å². The molecule has 0 spiro atoms. The van der Waals surface area contributed by atoms with E-state index in [1.165, 1.54) is 25.1 Å². The van der Waals surface area contributed by atoms with Gasteiger partial charge in [-0.1, -0.05) is 19.1 Å². The SMILES string of the molecule is CCNC(=NCc1ccc(C)cc1OCC1CCOC1)NCC1CCN(CC)C1.I. The molecule has 1 aromatic rings. The molecule has 0 amide bonds. The Morgan fingerprint density at radius 2 is 2.10 bits per heavy atom. The minimum atomic E-state index is 0. The second kappa shape index (κ2) is 13.4. The second-order valence-corrected chi connectivity index (χ2v) is 8.28. The summed E-state index contributed by atoms with van der Waals surface area (Å²) >= 11 is 0. The molecule has 3 rings (SSSR count). The molecule has 0 bridgehead atoms. The van der Waals surface area contributed by atoms with E-state index in [1.54, 1.807) is 0 Å². The van der Waals surface area contributed by atoms with Crippen molar-refractivity contribution >= 4 is 29.9 Å². The predicted octanol–water partition coefficient (Wildman–Crippen LogP) is 3.43. The maximum atomic E-state index is 6.16. The van der Waals surface area contributed by atoms with Crippen LogP contribution in [-0.4, -0.2) is 63.4 Å². The third-order valence-corrected chi connectivity index (χ3v) is 5.85. The van der Waals surface area contributed by atoms with Crippen LogP contribution in [0.15, 0.2) is 23.2 Å². The number of rotatable bonds is 9. The smallest absolute Gasteiger partial charge is 0.191 e. The van der Waals surface area contributed by atoms with Gasteiger partial charge in [0.05, 0.1) is 19.8 Å². The van der Waals surface area contributed by atoms with Crippen LogP contribution in [0.25, 0.3) is 0 Å². The molecule has 2 aliphatic heterocycles. The summed E-state index contributed by atoms with van der Waals surface area (Å²) < 4.78 is 11.6. The first-order valence-corrected chi connectivity index (χ1v) is 11.2. The number of halogens is 1. The van der Waals surface area contributed by atoms with Crippen molar-refractivity contribution in [1.29, 1.82) is 0 Å². The number of guanidine groups is 1. The van der Waals surface area contributed by atoms with Gasteiger partial charge in [-0.05, 0) is 57.3 Å². The first-order chi connectivity index (χ1) is 14.2. The number of likely N-dealkylation sites (tertiary alicyclic amines) is 1. The first kappa shape index (κ1) is 25.2. The molecule has 170 valence electrons. The minimum absolute atomic E-state index is 0. The number of nitrogens with one attached hydrogen (secondary N) is 2. The summed E-state index contributed by atoms with van der Waals surface area (Å²) in [6.07, 6.45) is 2.35. The van der Waals surface area contributed by atoms with E-state index in [9.17, 15) is 0 Å². The van der Waals surface area contributed by atoms with Crippen LogP contribution in [0.5, 0.6) is 5.75 Å². The summed E-state index contributed by atoms with van der Waals surface area (Å²) in [5.74, 6) is 3.04. The van der Waals surface area contributed by atoms with Gasteiger partial charge in [0.25, 0.3) is 0 Å². The molecule has 2 aliphatic rings. The molecule has 1 aromatic carbocycles. The van der Waals surface area contributed by atoms with Crippen molar-refractivity contribution in [2.24, 2.45) is 16.8 Å². The fourth-order valence-electron chi connectivity index (χ4n) is 3.96. The summed E-state index contributed by atoms with van der Waals surface area (Å²) in [5.41, 5.74) is 2.34. The Kier molecular flexibility index (Phi) is 11.2. The Morgan fingerprint density at radius 3 is 2.80 bits per heavy atom. The number of aliphatic imine (C=N–C) groups is 1. The maximum Gasteiger partial charge on any atom is 0.191 e. The quantitative estimate of drug-likeness (QED) is 0.291. The van der Waals surface area contributed by atoms with E-state index in [0.29, 0.717) is 25.0 Å². The van der Waals surface area contributed by atoms with Crippen LogP contribution in [0.1, 0.15) is 37.8 Å². The number of hydrogen-bond donors (Lipinski definition) is 2. The third-order valence-electron chi connectivity index (χ3n) is 5.85. The average Bonchev–Trinajstić information content (AvgIpc) is 3.41. The zero-order valence-electron chi connectivity index (χ0n) is 18.8. The molecular formula is C23H39IN4O2. The van der Waals surface area contributed by atoms with Gasteiger partial charge in [-0.25, -0.2) is 4.99 Å². The van der Waals surface area contributed by atoms with Crippen molar-refractivity contribution in [3.05, 3.63) is 29.3 Å². The van der Waals surface area contributed by atoms with E-state index in [2.05, 4.69) is 54.5 Å². The van der Waals surface area contributed by atoms with Gasteiger partial charge in [0.2, 0.25) is 0 Å². The normalized spacial score (nSPS) is 22.0. The topological polar surface area (TPSA) is 58.1 Å². The van der Waals surface area contributed by atoms with Crippen molar-refractivity contribution in [3.8, 4) is 5.75 Å². The van der Waals surface area contributed by atoms with Gasteiger partial charge in [0.15, 0.2) is 5.96 Å². The molecule has 2 heterocycles. The Labute approximate surface area is 199 Å². The van der Waals surface area contributed by atoms with E-state index < -0.39 is 0 Å². The Balaban J connectivity index is 0.00000320. The zero-order valence-corrected chi connectivity index (χ0v) is 21.1. The lowest BCUT2D eigenvalue weighted by Gasteiger charge is -2.17. The minimum Gasteiger partial charge on any atom is -0.493 e. The average molecular weight is 530 g/mol. The van der Waals surface area contributed by atoms with Crippen molar-refractivity contribution in [3.63, 3.8) is 0 Å². The molecule has 2 N–H and O–H groups in total. The molecule has 0 radical (unpaired) electrons. The molecule has 0 saturated carbocycles. The van der Waals surface area contributed by atoms with Gasteiger partial charge in [-0.2, -0.15) is 0 Å². The molecule has 6 nitrogen and oxygen atoms in total. The second-order valence-electron chi connectivity index (χ2n) is 8.28. The highest BCUT2D eigenvalue weighted by Crippen LogP contribution is 2.23. The molecule has 30 heavy (non-hydrogen) atoms. The Morgan fingerprint density at radius 1 is 1.23 bits per heavy atom. The number of benzene rings is 1. The van der Waals surface area contributed by atoms with Crippen molar-refractivity contribution in [2.45, 2.75) is 40.2 Å². The van der Waals surface area contributed by atoms with Crippen LogP contribution in [0.4, 0.5) is 0 Å². The summed E-state index contributed by atoms with van der Waals surface area (Å²) in [6.45, 7) is 14.8. The van der Waals surface area contributed by atoms with Gasteiger partial charge in [-0.15, -0.1) is 24.0 Å². The van der Waals surface area contributed by atoms with Crippen LogP contribution in [0.3, 0.4) is 0 Å². The Bertz CT molecular complexity index is 665. The van der Waals surface area contributed by atoms with Crippen LogP contribution in [0.2, 0.25) is 0 Å². The highest BCUT2D eigenvalue weighted by atomic mass is 127. The molecule has 2 saturated heterocycles. The molecule has 0 aromatic heterocycles. The highest BCUT2D eigenvalue weighted by Gasteiger charge is 2.21. The largest absolute Gasteiger partial charge is 0.493 e. The third kappa shape index (κ3) is 7.89. The standard InChI is InChI=1S/C23H38N4O2.HI/c1-4-24-23(25-13-19-8-10-27(5-2)15-19)26-14-21-7-6-18(3)12-22(21)29-17-20-9-11-28-16-20;/h6-7,12,19-20H,4-5,8-11,13-17H2,1-3H3,(H2,24,25,26);1H. The van der Waals surface area contributed by atoms with Crippen molar-refractivity contribution in [2.75, 3.05) is 52.5 Å². The van der Waals surface area contributed by atoms with E-state index >= 15 is 0 Å². The fourth-order valence-corrected chi connectivity index (χ4v) is 3.96. The molecule has 2 fully saturated rings. The molecule has 2 unspecified atom stereocenters. The van der Waals surface area contributed by atoms with Gasteiger partial charge < -0.3 is 25.0 Å². The monoisotopic (exact) mass is 530 g/mol. The first-order valence-electron chi connectivity index (χ1n) is 11.2. The summed E-state index contributed by atoms with van der Waals surface area (Å²) in [7, 11) is 0. The van der Waals surface area contributed by atoms with Crippen LogP contribution < -0.4 is 15.4 Å². The van der Waals surface area contributed by atoms with Crippen LogP contribution >= 0.6 is 24.0 Å². The Hall–Kier alpha value is -1.06. The number of nitrogens with zero attached hydrogens (tertiary/aromatic N) is 2. The zero-order chi connectivity index (χ0) is 20.5.